The van der Waals surface area contributed by atoms with Gasteiger partial charge in [-0.3, -0.25) is 0 Å². The van der Waals surface area contributed by atoms with Crippen LogP contribution in [-0.4, -0.2) is 4.45 Å². The number of hydrogen-bond acceptors (Lipinski definition) is 1. The Labute approximate surface area is 82.5 Å². The van der Waals surface area contributed by atoms with E-state index >= 15 is 0 Å². The van der Waals surface area contributed by atoms with Gasteiger partial charge in [-0.1, -0.05) is 11.6 Å². The van der Waals surface area contributed by atoms with Gasteiger partial charge >= 0.3 is 0 Å². The molecular weight excluding hydrogens is 223 g/mol. The van der Waals surface area contributed by atoms with Crippen LogP contribution in [0.25, 0.3) is 0 Å². The molecule has 13 heavy (non-hydrogen) atoms. The van der Waals surface area contributed by atoms with Gasteiger partial charge in [-0.2, -0.15) is 0 Å². The first-order valence-corrected chi connectivity index (χ1v) is 3.90. The molecule has 1 rings (SSSR count). The number of benzene rings is 1. The number of anilines is 1. The lowest BCUT2D eigenvalue weighted by molar-refractivity contribution is 0.496. The highest BCUT2D eigenvalue weighted by atomic mass is 35.5. The van der Waals surface area contributed by atoms with E-state index in [1.807, 2.05) is 0 Å². The number of rotatable bonds is 1. The van der Waals surface area contributed by atoms with E-state index in [4.69, 9.17) is 11.6 Å². The lowest BCUT2D eigenvalue weighted by Gasteiger charge is -2.04. The van der Waals surface area contributed by atoms with Gasteiger partial charge in [-0.15, -0.1) is 0 Å². The van der Waals surface area contributed by atoms with E-state index in [1.54, 1.807) is 0 Å². The van der Waals surface area contributed by atoms with Gasteiger partial charge in [0.25, 0.3) is 0 Å². The van der Waals surface area contributed by atoms with Crippen LogP contribution in [0.15, 0.2) is 12.1 Å². The van der Waals surface area contributed by atoms with Crippen molar-refractivity contribution in [2.75, 3.05) is 5.32 Å². The molecule has 0 aliphatic carbocycles. The van der Waals surface area contributed by atoms with E-state index in [9.17, 15) is 13.2 Å². The molecule has 0 heterocycles. The van der Waals surface area contributed by atoms with Crippen LogP contribution < -0.4 is 5.32 Å². The Bertz CT molecular complexity index is 356. The summed E-state index contributed by atoms with van der Waals surface area (Å²) < 4.78 is 37.5. The molecule has 0 aromatic heterocycles. The molecule has 0 radical (unpaired) electrons. The summed E-state index contributed by atoms with van der Waals surface area (Å²) >= 11 is 9.60. The average Bonchev–Trinajstić information content (AvgIpc) is 1.99. The quantitative estimate of drug-likeness (QED) is 0.341. The van der Waals surface area contributed by atoms with Crippen LogP contribution in [0.4, 0.5) is 18.9 Å². The van der Waals surface area contributed by atoms with Crippen molar-refractivity contribution < 1.29 is 13.2 Å². The third-order valence-corrected chi connectivity index (χ3v) is 1.44. The normalized spacial score (nSPS) is 9.85. The Balaban J connectivity index is 3.08. The maximum absolute atomic E-state index is 12.8. The van der Waals surface area contributed by atoms with Crippen LogP contribution in [0.5, 0.6) is 0 Å². The maximum Gasteiger partial charge on any atom is 0.171 e. The molecule has 0 aliphatic rings. The second-order valence-corrected chi connectivity index (χ2v) is 3.16. The first kappa shape index (κ1) is 10.3. The van der Waals surface area contributed by atoms with Crippen molar-refractivity contribution in [3.05, 3.63) is 29.6 Å². The molecule has 1 nitrogen and oxygen atoms in total. The molecule has 1 aromatic rings. The molecular formula is C7H3ClF3NS. The molecule has 0 saturated carbocycles. The van der Waals surface area contributed by atoms with Crippen molar-refractivity contribution in [1.82, 2.24) is 0 Å². The van der Waals surface area contributed by atoms with Gasteiger partial charge in [0.15, 0.2) is 16.1 Å². The van der Waals surface area contributed by atoms with Crippen molar-refractivity contribution in [3.63, 3.8) is 0 Å². The van der Waals surface area contributed by atoms with Crippen molar-refractivity contribution in [2.45, 2.75) is 0 Å². The van der Waals surface area contributed by atoms with E-state index in [0.29, 0.717) is 12.1 Å². The highest BCUT2D eigenvalue weighted by Gasteiger charge is 2.09. The van der Waals surface area contributed by atoms with Crippen LogP contribution >= 0.6 is 23.8 Å². The summed E-state index contributed by atoms with van der Waals surface area (Å²) in [6.45, 7) is 0. The minimum absolute atomic E-state index is 0.245. The fourth-order valence-electron chi connectivity index (χ4n) is 0.724. The van der Waals surface area contributed by atoms with Gasteiger partial charge in [-0.25, -0.2) is 13.2 Å². The Morgan fingerprint density at radius 1 is 1.15 bits per heavy atom. The second kappa shape index (κ2) is 3.93. The van der Waals surface area contributed by atoms with E-state index in [1.165, 1.54) is 0 Å². The minimum atomic E-state index is -1.26. The van der Waals surface area contributed by atoms with E-state index in [-0.39, 0.29) is 10.1 Å². The number of thiocarbonyl (C=S) groups is 1. The fraction of sp³-hybridized carbons (Fsp3) is 0. The minimum Gasteiger partial charge on any atom is -0.334 e. The Hall–Kier alpha value is -0.810. The zero-order valence-electron chi connectivity index (χ0n) is 6.07. The van der Waals surface area contributed by atoms with Crippen LogP contribution in [0.1, 0.15) is 0 Å². The van der Waals surface area contributed by atoms with Crippen LogP contribution in [0.2, 0.25) is 0 Å². The zero-order valence-corrected chi connectivity index (χ0v) is 7.65. The Morgan fingerprint density at radius 3 is 2.23 bits per heavy atom. The molecule has 0 atom stereocenters. The Morgan fingerprint density at radius 2 is 1.69 bits per heavy atom. The highest BCUT2D eigenvalue weighted by Crippen LogP contribution is 2.18. The summed E-state index contributed by atoms with van der Waals surface area (Å²) in [4.78, 5) is 0. The molecule has 0 aliphatic heterocycles. The molecule has 70 valence electrons. The average molecular weight is 226 g/mol. The molecule has 0 fully saturated rings. The van der Waals surface area contributed by atoms with Crippen LogP contribution in [0, 0.1) is 17.5 Å². The lowest BCUT2D eigenvalue weighted by atomic mass is 10.3. The van der Waals surface area contributed by atoms with Crippen molar-refractivity contribution in [1.29, 1.82) is 0 Å². The first-order valence-electron chi connectivity index (χ1n) is 3.11. The van der Waals surface area contributed by atoms with Gasteiger partial charge in [0.1, 0.15) is 5.82 Å². The molecule has 1 N–H and O–H groups in total. The van der Waals surface area contributed by atoms with E-state index in [0.717, 1.165) is 0 Å². The first-order chi connectivity index (χ1) is 6.00. The fourth-order valence-corrected chi connectivity index (χ4v) is 0.936. The summed E-state index contributed by atoms with van der Waals surface area (Å²) in [7, 11) is 0. The molecule has 0 bridgehead atoms. The third kappa shape index (κ3) is 2.57. The summed E-state index contributed by atoms with van der Waals surface area (Å²) in [6, 6.07) is 1.05. The van der Waals surface area contributed by atoms with Crippen molar-refractivity contribution >= 4 is 34.0 Å². The molecule has 0 amide bonds. The van der Waals surface area contributed by atoms with E-state index in [2.05, 4.69) is 17.5 Å². The van der Waals surface area contributed by atoms with Gasteiger partial charge in [0.2, 0.25) is 0 Å². The van der Waals surface area contributed by atoms with Crippen LogP contribution in [-0.2, 0) is 0 Å². The number of hydrogen-bond donors (Lipinski definition) is 1. The molecule has 1 aromatic carbocycles. The van der Waals surface area contributed by atoms with Gasteiger partial charge in [-0.05, 0) is 12.2 Å². The highest BCUT2D eigenvalue weighted by molar-refractivity contribution is 7.83. The predicted octanol–water partition coefficient (Wildman–Crippen LogP) is 3.04. The number of nitrogens with one attached hydrogen (secondary N) is 1. The summed E-state index contributed by atoms with van der Waals surface area (Å²) in [6.07, 6.45) is 0. The summed E-state index contributed by atoms with van der Waals surface area (Å²) in [5.41, 5.74) is -0.293. The van der Waals surface area contributed by atoms with Crippen molar-refractivity contribution in [2.24, 2.45) is 0 Å². The van der Waals surface area contributed by atoms with E-state index < -0.39 is 17.5 Å². The topological polar surface area (TPSA) is 12.0 Å². The summed E-state index contributed by atoms with van der Waals surface area (Å²) in [5, 5.41) is 2.16. The van der Waals surface area contributed by atoms with Crippen LogP contribution in [0.3, 0.4) is 0 Å². The number of halogens is 4. The largest absolute Gasteiger partial charge is 0.334 e. The maximum atomic E-state index is 12.8. The Kier molecular flexibility index (Phi) is 3.11. The van der Waals surface area contributed by atoms with Crippen molar-refractivity contribution in [3.8, 4) is 0 Å². The third-order valence-electron chi connectivity index (χ3n) is 1.24. The molecule has 0 unspecified atom stereocenters. The predicted molar refractivity (Wildman–Crippen MR) is 48.4 cm³/mol. The zero-order chi connectivity index (χ0) is 10.0. The van der Waals surface area contributed by atoms with Gasteiger partial charge in [0.05, 0.1) is 5.69 Å². The molecule has 0 spiro atoms. The molecule has 0 saturated heterocycles. The SMILES string of the molecule is Fc1cc(F)c(NC(=S)Cl)cc1F. The van der Waals surface area contributed by atoms with Gasteiger partial charge < -0.3 is 5.32 Å². The molecule has 6 heteroatoms. The standard InChI is InChI=1S/C7H3ClF3NS/c8-7(13)12-6-2-4(10)3(9)1-5(6)11/h1-2H,(H,12,13). The lowest BCUT2D eigenvalue weighted by Crippen LogP contribution is -2.04. The van der Waals surface area contributed by atoms with Gasteiger partial charge in [0, 0.05) is 12.1 Å². The summed E-state index contributed by atoms with van der Waals surface area (Å²) in [5.74, 6) is -3.39. The second-order valence-electron chi connectivity index (χ2n) is 2.14. The smallest absolute Gasteiger partial charge is 0.171 e. The monoisotopic (exact) mass is 225 g/mol.